The molecule has 0 aliphatic heterocycles. The van der Waals surface area contributed by atoms with Gasteiger partial charge in [-0.25, -0.2) is 4.98 Å². The fourth-order valence-corrected chi connectivity index (χ4v) is 2.79. The number of carbonyl (C=O) groups is 1. The van der Waals surface area contributed by atoms with E-state index in [9.17, 15) is 10.1 Å². The Morgan fingerprint density at radius 1 is 1.19 bits per heavy atom. The van der Waals surface area contributed by atoms with Crippen molar-refractivity contribution in [2.24, 2.45) is 0 Å². The van der Waals surface area contributed by atoms with Gasteiger partial charge < -0.3 is 9.15 Å². The fourth-order valence-electron chi connectivity index (χ4n) is 2.79. The molecule has 5 nitrogen and oxygen atoms in total. The Bertz CT molecular complexity index is 975. The van der Waals surface area contributed by atoms with Gasteiger partial charge in [-0.1, -0.05) is 45.0 Å². The molecular formula is C22H22N2O3. The third-order valence-electron chi connectivity index (χ3n) is 4.38. The first kappa shape index (κ1) is 18.7. The summed E-state index contributed by atoms with van der Waals surface area (Å²) < 4.78 is 11.4. The van der Waals surface area contributed by atoms with Crippen LogP contribution in [0.2, 0.25) is 0 Å². The maximum Gasteiger partial charge on any atom is 0.220 e. The number of ketones is 1. The summed E-state index contributed by atoms with van der Waals surface area (Å²) >= 11 is 0. The summed E-state index contributed by atoms with van der Waals surface area (Å²) in [6.45, 7) is 7.97. The van der Waals surface area contributed by atoms with Crippen LogP contribution in [0.1, 0.15) is 45.1 Å². The van der Waals surface area contributed by atoms with E-state index in [2.05, 4.69) is 25.8 Å². The molecule has 0 amide bonds. The summed E-state index contributed by atoms with van der Waals surface area (Å²) in [6, 6.07) is 16.8. The lowest BCUT2D eigenvalue weighted by molar-refractivity contribution is -0.125. The monoisotopic (exact) mass is 362 g/mol. The number of aromatic nitrogens is 1. The molecule has 0 aliphatic carbocycles. The topological polar surface area (TPSA) is 76.1 Å². The summed E-state index contributed by atoms with van der Waals surface area (Å²) in [5.74, 6) is -0.802. The number of ether oxygens (including phenoxy) is 1. The van der Waals surface area contributed by atoms with E-state index in [-0.39, 0.29) is 17.1 Å². The van der Waals surface area contributed by atoms with E-state index in [4.69, 9.17) is 9.15 Å². The number of Topliss-reactive ketones (excluding diaryl/α,β-unsaturated/α-hetero) is 1. The quantitative estimate of drug-likeness (QED) is 0.653. The van der Waals surface area contributed by atoms with Crippen LogP contribution >= 0.6 is 0 Å². The molecule has 27 heavy (non-hydrogen) atoms. The zero-order valence-electron chi connectivity index (χ0n) is 15.9. The Morgan fingerprint density at radius 2 is 1.93 bits per heavy atom. The maximum absolute atomic E-state index is 12.8. The lowest BCUT2D eigenvalue weighted by Gasteiger charge is -2.21. The molecule has 0 bridgehead atoms. The Hall–Kier alpha value is -3.13. The molecule has 3 aromatic rings. The van der Waals surface area contributed by atoms with Crippen LogP contribution in [0.3, 0.4) is 0 Å². The van der Waals surface area contributed by atoms with Gasteiger partial charge in [0.05, 0.1) is 6.07 Å². The minimum atomic E-state index is -1.11. The molecule has 1 heterocycles. The van der Waals surface area contributed by atoms with Gasteiger partial charge in [-0.15, -0.1) is 0 Å². The van der Waals surface area contributed by atoms with E-state index in [1.54, 1.807) is 25.1 Å². The van der Waals surface area contributed by atoms with Crippen LogP contribution in [0.15, 0.2) is 52.9 Å². The number of rotatable bonds is 5. The summed E-state index contributed by atoms with van der Waals surface area (Å²) in [4.78, 5) is 17.1. The maximum atomic E-state index is 12.8. The molecule has 1 aromatic heterocycles. The van der Waals surface area contributed by atoms with Crippen LogP contribution in [0.5, 0.6) is 5.75 Å². The van der Waals surface area contributed by atoms with E-state index in [0.717, 1.165) is 5.56 Å². The first-order chi connectivity index (χ1) is 12.8. The Labute approximate surface area is 158 Å². The second-order valence-corrected chi connectivity index (χ2v) is 7.52. The SMILES string of the molecule is C[C@H](Oc1cccc(C(C)(C)C)c1)C(=O)[C@H](C#N)c1nc2ccccc2o1. The number of para-hydroxylation sites is 2. The smallest absolute Gasteiger partial charge is 0.220 e. The summed E-state index contributed by atoms with van der Waals surface area (Å²) in [7, 11) is 0. The largest absolute Gasteiger partial charge is 0.483 e. The highest BCUT2D eigenvalue weighted by Crippen LogP contribution is 2.27. The number of benzene rings is 2. The zero-order chi connectivity index (χ0) is 19.6. The van der Waals surface area contributed by atoms with Crippen molar-refractivity contribution in [3.05, 3.63) is 60.0 Å². The first-order valence-corrected chi connectivity index (χ1v) is 8.85. The van der Waals surface area contributed by atoms with Gasteiger partial charge in [0.2, 0.25) is 5.89 Å². The van der Waals surface area contributed by atoms with Gasteiger partial charge in [0.25, 0.3) is 0 Å². The van der Waals surface area contributed by atoms with Crippen LogP contribution in [-0.2, 0) is 10.2 Å². The van der Waals surface area contributed by atoms with Gasteiger partial charge in [-0.3, -0.25) is 4.79 Å². The highest BCUT2D eigenvalue weighted by Gasteiger charge is 2.31. The van der Waals surface area contributed by atoms with Crippen molar-refractivity contribution < 1.29 is 13.9 Å². The Kier molecular flexibility index (Phi) is 5.00. The van der Waals surface area contributed by atoms with E-state index >= 15 is 0 Å². The van der Waals surface area contributed by atoms with Crippen LogP contribution in [-0.4, -0.2) is 16.9 Å². The molecule has 5 heteroatoms. The molecule has 2 aromatic carbocycles. The van der Waals surface area contributed by atoms with E-state index in [1.165, 1.54) is 0 Å². The van der Waals surface area contributed by atoms with E-state index in [1.807, 2.05) is 36.4 Å². The van der Waals surface area contributed by atoms with Crippen LogP contribution in [0.4, 0.5) is 0 Å². The fraction of sp³-hybridized carbons (Fsp3) is 0.318. The third kappa shape index (κ3) is 4.01. The molecule has 2 atom stereocenters. The lowest BCUT2D eigenvalue weighted by Crippen LogP contribution is -2.29. The first-order valence-electron chi connectivity index (χ1n) is 8.85. The average molecular weight is 362 g/mol. The van der Waals surface area contributed by atoms with Gasteiger partial charge in [0, 0.05) is 0 Å². The van der Waals surface area contributed by atoms with Crippen molar-refractivity contribution in [2.45, 2.75) is 45.1 Å². The molecular weight excluding hydrogens is 340 g/mol. The second-order valence-electron chi connectivity index (χ2n) is 7.52. The average Bonchev–Trinajstić information content (AvgIpc) is 3.05. The number of fused-ring (bicyclic) bond motifs is 1. The molecule has 0 N–H and O–H groups in total. The van der Waals surface area contributed by atoms with Crippen LogP contribution < -0.4 is 4.74 Å². The minimum absolute atomic E-state index is 0.0278. The van der Waals surface area contributed by atoms with Gasteiger partial charge in [-0.2, -0.15) is 5.26 Å². The predicted octanol–water partition coefficient (Wildman–Crippen LogP) is 4.77. The number of oxazole rings is 1. The highest BCUT2D eigenvalue weighted by molar-refractivity contribution is 5.91. The van der Waals surface area contributed by atoms with E-state index < -0.39 is 12.0 Å². The normalized spacial score (nSPS) is 13.7. The molecule has 3 rings (SSSR count). The van der Waals surface area contributed by atoms with Gasteiger partial charge >= 0.3 is 0 Å². The van der Waals surface area contributed by atoms with Crippen molar-refractivity contribution in [3.63, 3.8) is 0 Å². The molecule has 0 fully saturated rings. The summed E-state index contributed by atoms with van der Waals surface area (Å²) in [5, 5.41) is 9.51. The summed E-state index contributed by atoms with van der Waals surface area (Å²) in [5.41, 5.74) is 2.24. The van der Waals surface area contributed by atoms with Gasteiger partial charge in [0.1, 0.15) is 11.3 Å². The molecule has 0 spiro atoms. The van der Waals surface area contributed by atoms with Crippen molar-refractivity contribution >= 4 is 16.9 Å². The lowest BCUT2D eigenvalue weighted by atomic mass is 9.87. The molecule has 138 valence electrons. The highest BCUT2D eigenvalue weighted by atomic mass is 16.5. The predicted molar refractivity (Wildman–Crippen MR) is 103 cm³/mol. The van der Waals surface area contributed by atoms with Crippen molar-refractivity contribution in [1.82, 2.24) is 4.98 Å². The molecule has 0 unspecified atom stereocenters. The number of hydrogen-bond acceptors (Lipinski definition) is 5. The number of carbonyl (C=O) groups excluding carboxylic acids is 1. The molecule has 0 saturated carbocycles. The molecule has 0 aliphatic rings. The number of hydrogen-bond donors (Lipinski definition) is 0. The zero-order valence-corrected chi connectivity index (χ0v) is 15.9. The number of nitriles is 1. The molecule has 0 saturated heterocycles. The van der Waals surface area contributed by atoms with Crippen LogP contribution in [0.25, 0.3) is 11.1 Å². The second kappa shape index (κ2) is 7.24. The number of nitrogens with zero attached hydrogens (tertiary/aromatic N) is 2. The van der Waals surface area contributed by atoms with E-state index in [0.29, 0.717) is 16.8 Å². The Morgan fingerprint density at radius 3 is 2.59 bits per heavy atom. The van der Waals surface area contributed by atoms with Crippen molar-refractivity contribution in [3.8, 4) is 11.8 Å². The van der Waals surface area contributed by atoms with Crippen molar-refractivity contribution in [2.75, 3.05) is 0 Å². The van der Waals surface area contributed by atoms with Crippen molar-refractivity contribution in [1.29, 1.82) is 5.26 Å². The minimum Gasteiger partial charge on any atom is -0.483 e. The summed E-state index contributed by atoms with van der Waals surface area (Å²) in [6.07, 6.45) is -0.806. The van der Waals surface area contributed by atoms with Crippen LogP contribution in [0, 0.1) is 11.3 Å². The Balaban J connectivity index is 1.80. The van der Waals surface area contributed by atoms with Gasteiger partial charge in [-0.05, 0) is 42.2 Å². The third-order valence-corrected chi connectivity index (χ3v) is 4.38. The molecule has 0 radical (unpaired) electrons. The van der Waals surface area contributed by atoms with Gasteiger partial charge in [0.15, 0.2) is 23.4 Å². The standard InChI is InChI=1S/C22H22N2O3/c1-14(26-16-9-7-8-15(12-16)22(2,3)4)20(25)17(13-23)21-24-18-10-5-6-11-19(18)27-21/h5-12,14,17H,1-4H3/t14-,17-/m0/s1.